The molecule has 0 amide bonds. The second-order valence-electron chi connectivity index (χ2n) is 7.48. The maximum absolute atomic E-state index is 14.0. The Bertz CT molecular complexity index is 1150. The van der Waals surface area contributed by atoms with E-state index in [0.29, 0.717) is 0 Å². The molecule has 1 unspecified atom stereocenters. The molecule has 0 saturated carbocycles. The van der Waals surface area contributed by atoms with Crippen molar-refractivity contribution >= 4 is 11.8 Å². The van der Waals surface area contributed by atoms with Gasteiger partial charge in [-0.15, -0.1) is 0 Å². The maximum Gasteiger partial charge on any atom is 0.123 e. The summed E-state index contributed by atoms with van der Waals surface area (Å²) in [6, 6.07) is 21.0. The number of pyridine rings is 1. The first kappa shape index (κ1) is 19.7. The molecule has 0 N–H and O–H groups in total. The third kappa shape index (κ3) is 4.52. The highest BCUT2D eigenvalue weighted by Crippen LogP contribution is 2.34. The number of rotatable bonds is 4. The first-order valence-electron chi connectivity index (χ1n) is 9.97. The van der Waals surface area contributed by atoms with Crippen LogP contribution in [-0.2, 0) is 0 Å². The van der Waals surface area contributed by atoms with E-state index in [2.05, 4.69) is 47.3 Å². The molecule has 30 heavy (non-hydrogen) atoms. The molecule has 2 heterocycles. The number of allylic oxidation sites excluding steroid dienone is 5. The van der Waals surface area contributed by atoms with E-state index in [1.807, 2.05) is 55.9 Å². The molecule has 1 aliphatic heterocycles. The van der Waals surface area contributed by atoms with Gasteiger partial charge in [0.1, 0.15) is 5.82 Å². The number of hydrogen-bond donors (Lipinski definition) is 0. The normalized spacial score (nSPS) is 16.6. The SMILES string of the molecule is CC1=C/C(C(c2ccc(C)nc2)c2cccc(F)c2)=C\N=CC(c2ccccc2)=C1. The van der Waals surface area contributed by atoms with Gasteiger partial charge in [0.15, 0.2) is 0 Å². The van der Waals surface area contributed by atoms with Crippen LogP contribution in [-0.4, -0.2) is 11.2 Å². The van der Waals surface area contributed by atoms with Gasteiger partial charge >= 0.3 is 0 Å². The van der Waals surface area contributed by atoms with Gasteiger partial charge in [-0.1, -0.05) is 60.2 Å². The van der Waals surface area contributed by atoms with Crippen LogP contribution in [0.2, 0.25) is 0 Å². The van der Waals surface area contributed by atoms with Gasteiger partial charge in [-0.05, 0) is 60.4 Å². The molecule has 0 fully saturated rings. The van der Waals surface area contributed by atoms with E-state index in [0.717, 1.165) is 39.1 Å². The van der Waals surface area contributed by atoms with Gasteiger partial charge in [-0.25, -0.2) is 4.39 Å². The molecule has 2 aromatic carbocycles. The molecule has 4 rings (SSSR count). The third-order valence-corrected chi connectivity index (χ3v) is 5.10. The topological polar surface area (TPSA) is 25.2 Å². The van der Waals surface area contributed by atoms with Crippen molar-refractivity contribution in [2.45, 2.75) is 19.8 Å². The summed E-state index contributed by atoms with van der Waals surface area (Å²) in [5, 5.41) is 0. The molecule has 1 aromatic heterocycles. The van der Waals surface area contributed by atoms with Crippen LogP contribution in [0, 0.1) is 12.7 Å². The fraction of sp³-hybridized carbons (Fsp3) is 0.111. The minimum Gasteiger partial charge on any atom is -0.264 e. The van der Waals surface area contributed by atoms with Crippen molar-refractivity contribution in [2.24, 2.45) is 4.99 Å². The molecular formula is C27H23FN2. The Hall–Kier alpha value is -3.59. The standard InChI is InChI=1S/C27H23FN2/c1-19-13-24(21-7-4-3-5-8-21)16-29-17-25(14-19)27(22-9-6-10-26(28)15-22)23-12-11-20(2)30-18-23/h3-18,27H,1-2H3/b19-13?,19-14?,24-13?,24-16?,25-14?,25-17+,29-16?,29-17?. The molecule has 1 aliphatic rings. The Balaban J connectivity index is 1.78. The summed E-state index contributed by atoms with van der Waals surface area (Å²) in [5.41, 5.74) is 7.09. The van der Waals surface area contributed by atoms with Crippen molar-refractivity contribution in [1.82, 2.24) is 4.98 Å². The van der Waals surface area contributed by atoms with Crippen LogP contribution in [0.4, 0.5) is 4.39 Å². The van der Waals surface area contributed by atoms with Crippen LogP contribution in [0.15, 0.2) is 107 Å². The van der Waals surface area contributed by atoms with E-state index in [1.165, 1.54) is 6.07 Å². The van der Waals surface area contributed by atoms with Crippen LogP contribution in [0.3, 0.4) is 0 Å². The van der Waals surface area contributed by atoms with Crippen LogP contribution in [0.5, 0.6) is 0 Å². The largest absolute Gasteiger partial charge is 0.264 e. The molecule has 0 spiro atoms. The first-order valence-corrected chi connectivity index (χ1v) is 9.97. The van der Waals surface area contributed by atoms with Gasteiger partial charge in [-0.3, -0.25) is 9.98 Å². The summed E-state index contributed by atoms with van der Waals surface area (Å²) in [6.07, 6.45) is 9.86. The van der Waals surface area contributed by atoms with E-state index >= 15 is 0 Å². The number of aromatic nitrogens is 1. The zero-order valence-electron chi connectivity index (χ0n) is 17.1. The summed E-state index contributed by atoms with van der Waals surface area (Å²) < 4.78 is 14.0. The summed E-state index contributed by atoms with van der Waals surface area (Å²) >= 11 is 0. The second-order valence-corrected chi connectivity index (χ2v) is 7.48. The van der Waals surface area contributed by atoms with Crippen molar-refractivity contribution in [3.05, 3.63) is 131 Å². The van der Waals surface area contributed by atoms with Crippen molar-refractivity contribution in [2.75, 3.05) is 0 Å². The van der Waals surface area contributed by atoms with Crippen LogP contribution in [0.25, 0.3) is 5.57 Å². The average Bonchev–Trinajstić information content (AvgIpc) is 2.73. The molecule has 0 saturated heterocycles. The molecule has 3 heteroatoms. The fourth-order valence-electron chi connectivity index (χ4n) is 3.69. The maximum atomic E-state index is 14.0. The summed E-state index contributed by atoms with van der Waals surface area (Å²) in [5.74, 6) is -0.410. The van der Waals surface area contributed by atoms with E-state index < -0.39 is 0 Å². The molecule has 3 aromatic rings. The van der Waals surface area contributed by atoms with E-state index in [-0.39, 0.29) is 11.7 Å². The smallest absolute Gasteiger partial charge is 0.123 e. The van der Waals surface area contributed by atoms with Crippen molar-refractivity contribution < 1.29 is 4.39 Å². The van der Waals surface area contributed by atoms with Gasteiger partial charge < -0.3 is 0 Å². The minimum absolute atomic E-state index is 0.160. The number of aryl methyl sites for hydroxylation is 1. The monoisotopic (exact) mass is 394 g/mol. The van der Waals surface area contributed by atoms with Gasteiger partial charge in [-0.2, -0.15) is 0 Å². The van der Waals surface area contributed by atoms with E-state index in [9.17, 15) is 4.39 Å². The Labute approximate surface area is 176 Å². The van der Waals surface area contributed by atoms with Gasteiger partial charge in [0, 0.05) is 35.8 Å². The Kier molecular flexibility index (Phi) is 5.80. The van der Waals surface area contributed by atoms with E-state index in [4.69, 9.17) is 0 Å². The lowest BCUT2D eigenvalue weighted by Crippen LogP contribution is -2.06. The first-order chi connectivity index (χ1) is 14.6. The molecule has 1 atom stereocenters. The Morgan fingerprint density at radius 2 is 1.67 bits per heavy atom. The average molecular weight is 394 g/mol. The molecule has 0 bridgehead atoms. The zero-order valence-corrected chi connectivity index (χ0v) is 17.1. The number of nitrogens with zero attached hydrogens (tertiary/aromatic N) is 2. The summed E-state index contributed by atoms with van der Waals surface area (Å²) in [4.78, 5) is 9.07. The minimum atomic E-state index is -0.250. The molecule has 0 radical (unpaired) electrons. The van der Waals surface area contributed by atoms with Crippen molar-refractivity contribution in [1.29, 1.82) is 0 Å². The molecule has 0 aliphatic carbocycles. The van der Waals surface area contributed by atoms with Crippen LogP contribution in [0.1, 0.15) is 35.2 Å². The lowest BCUT2D eigenvalue weighted by Gasteiger charge is -2.20. The highest BCUT2D eigenvalue weighted by Gasteiger charge is 2.20. The van der Waals surface area contributed by atoms with E-state index in [1.54, 1.807) is 12.1 Å². The van der Waals surface area contributed by atoms with Crippen molar-refractivity contribution in [3.63, 3.8) is 0 Å². The summed E-state index contributed by atoms with van der Waals surface area (Å²) in [6.45, 7) is 4.03. The van der Waals surface area contributed by atoms with Gasteiger partial charge in [0.05, 0.1) is 0 Å². The highest BCUT2D eigenvalue weighted by atomic mass is 19.1. The lowest BCUT2D eigenvalue weighted by molar-refractivity contribution is 0.625. The number of hydrogen-bond acceptors (Lipinski definition) is 2. The Morgan fingerprint density at radius 3 is 2.40 bits per heavy atom. The highest BCUT2D eigenvalue weighted by molar-refractivity contribution is 6.10. The summed E-state index contributed by atoms with van der Waals surface area (Å²) in [7, 11) is 0. The number of halogens is 1. The molecule has 2 nitrogen and oxygen atoms in total. The molecule has 148 valence electrons. The predicted molar refractivity (Wildman–Crippen MR) is 122 cm³/mol. The third-order valence-electron chi connectivity index (χ3n) is 5.10. The van der Waals surface area contributed by atoms with Gasteiger partial charge in [0.2, 0.25) is 0 Å². The van der Waals surface area contributed by atoms with Gasteiger partial charge in [0.25, 0.3) is 0 Å². The second kappa shape index (κ2) is 8.83. The molecular weight excluding hydrogens is 371 g/mol. The number of benzene rings is 2. The quantitative estimate of drug-likeness (QED) is 0.486. The van der Waals surface area contributed by atoms with Crippen molar-refractivity contribution in [3.8, 4) is 0 Å². The fourth-order valence-corrected chi connectivity index (χ4v) is 3.69. The van der Waals surface area contributed by atoms with Crippen LogP contribution >= 0.6 is 0 Å². The number of aliphatic imine (C=N–C) groups is 1. The lowest BCUT2D eigenvalue weighted by atomic mass is 9.84. The van der Waals surface area contributed by atoms with Crippen LogP contribution < -0.4 is 0 Å². The zero-order chi connectivity index (χ0) is 20.9. The predicted octanol–water partition coefficient (Wildman–Crippen LogP) is 6.66. The Morgan fingerprint density at radius 1 is 0.833 bits per heavy atom.